The molecule has 31 heavy (non-hydrogen) atoms. The molecule has 0 aliphatic carbocycles. The molecule has 3 aromatic rings. The van der Waals surface area contributed by atoms with E-state index in [4.69, 9.17) is 27.9 Å². The van der Waals surface area contributed by atoms with E-state index in [0.29, 0.717) is 33.0 Å². The molecule has 3 aromatic carbocycles. The van der Waals surface area contributed by atoms with E-state index in [9.17, 15) is 21.6 Å². The van der Waals surface area contributed by atoms with Crippen molar-refractivity contribution in [2.24, 2.45) is 0 Å². The highest BCUT2D eigenvalue weighted by molar-refractivity contribution is 7.92. The van der Waals surface area contributed by atoms with Crippen LogP contribution in [0.1, 0.15) is 5.56 Å². The van der Waals surface area contributed by atoms with Gasteiger partial charge in [0.1, 0.15) is 12.4 Å². The summed E-state index contributed by atoms with van der Waals surface area (Å²) in [5, 5.41) is 0.634. The van der Waals surface area contributed by atoms with Crippen LogP contribution in [0.3, 0.4) is 0 Å². The minimum Gasteiger partial charge on any atom is -0.489 e. The van der Waals surface area contributed by atoms with E-state index >= 15 is 0 Å². The average molecular weight is 488 g/mol. The van der Waals surface area contributed by atoms with Crippen molar-refractivity contribution in [2.75, 3.05) is 17.5 Å². The first kappa shape index (κ1) is 21.8. The highest BCUT2D eigenvalue weighted by Crippen LogP contribution is 2.41. The molecule has 0 spiro atoms. The fourth-order valence-corrected chi connectivity index (χ4v) is 5.20. The van der Waals surface area contributed by atoms with Crippen molar-refractivity contribution >= 4 is 38.9 Å². The van der Waals surface area contributed by atoms with E-state index in [-0.39, 0.29) is 18.8 Å². The van der Waals surface area contributed by atoms with Crippen molar-refractivity contribution in [1.82, 2.24) is 0 Å². The van der Waals surface area contributed by atoms with Gasteiger partial charge in [0, 0.05) is 5.56 Å². The Bertz CT molecular complexity index is 1260. The maximum Gasteiger partial charge on any atom is 0.416 e. The average Bonchev–Trinajstić information content (AvgIpc) is 2.74. The lowest BCUT2D eigenvalue weighted by atomic mass is 10.0. The fraction of sp³-hybridized carbons (Fsp3) is 0.143. The van der Waals surface area contributed by atoms with E-state index in [1.165, 1.54) is 0 Å². The zero-order chi connectivity index (χ0) is 22.4. The van der Waals surface area contributed by atoms with Crippen LogP contribution in [0.2, 0.25) is 10.0 Å². The van der Waals surface area contributed by atoms with Crippen molar-refractivity contribution in [3.05, 3.63) is 76.3 Å². The molecule has 0 fully saturated rings. The quantitative estimate of drug-likeness (QED) is 0.437. The molecule has 10 heteroatoms. The van der Waals surface area contributed by atoms with Gasteiger partial charge >= 0.3 is 6.18 Å². The van der Waals surface area contributed by atoms with Gasteiger partial charge in [0.2, 0.25) is 0 Å². The number of hydrogen-bond acceptors (Lipinski definition) is 3. The Hall–Kier alpha value is -2.42. The first-order valence-electron chi connectivity index (χ1n) is 9.00. The van der Waals surface area contributed by atoms with Gasteiger partial charge in [0.05, 0.1) is 32.7 Å². The predicted molar refractivity (Wildman–Crippen MR) is 113 cm³/mol. The molecular weight excluding hydrogens is 474 g/mol. The number of hydrogen-bond donors (Lipinski definition) is 0. The maximum absolute atomic E-state index is 13.3. The second kappa shape index (κ2) is 7.93. The number of fused-ring (bicyclic) bond motifs is 1. The van der Waals surface area contributed by atoms with Gasteiger partial charge in [0.15, 0.2) is 0 Å². The van der Waals surface area contributed by atoms with Crippen molar-refractivity contribution in [3.63, 3.8) is 0 Å². The van der Waals surface area contributed by atoms with Gasteiger partial charge in [-0.05, 0) is 42.0 Å². The third-order valence-corrected chi connectivity index (χ3v) is 7.42. The largest absolute Gasteiger partial charge is 0.489 e. The third kappa shape index (κ3) is 4.07. The Kier molecular flexibility index (Phi) is 5.57. The molecule has 0 saturated heterocycles. The van der Waals surface area contributed by atoms with E-state index in [1.54, 1.807) is 36.4 Å². The van der Waals surface area contributed by atoms with Gasteiger partial charge in [-0.1, -0.05) is 47.5 Å². The van der Waals surface area contributed by atoms with E-state index in [2.05, 4.69) is 0 Å². The summed E-state index contributed by atoms with van der Waals surface area (Å²) in [5.41, 5.74) is 0.332. The van der Waals surface area contributed by atoms with Crippen LogP contribution in [-0.2, 0) is 16.2 Å². The number of rotatable bonds is 3. The van der Waals surface area contributed by atoms with Crippen LogP contribution in [0.15, 0.2) is 65.6 Å². The SMILES string of the molecule is O=S(=O)(c1cccc(C(F)(F)F)c1)N1CCOc2ccc(-c3cccc(Cl)c3Cl)cc21. The topological polar surface area (TPSA) is 46.6 Å². The van der Waals surface area contributed by atoms with E-state index in [0.717, 1.165) is 22.5 Å². The summed E-state index contributed by atoms with van der Waals surface area (Å²) < 4.78 is 72.4. The number of halogens is 5. The zero-order valence-corrected chi connectivity index (χ0v) is 18.0. The van der Waals surface area contributed by atoms with Crippen molar-refractivity contribution in [3.8, 4) is 16.9 Å². The number of anilines is 1. The van der Waals surface area contributed by atoms with E-state index < -0.39 is 26.7 Å². The molecule has 0 atom stereocenters. The van der Waals surface area contributed by atoms with Gasteiger partial charge in [-0.3, -0.25) is 4.31 Å². The molecule has 0 N–H and O–H groups in total. The molecule has 4 rings (SSSR count). The molecule has 0 radical (unpaired) electrons. The summed E-state index contributed by atoms with van der Waals surface area (Å²) >= 11 is 12.4. The lowest BCUT2D eigenvalue weighted by molar-refractivity contribution is -0.137. The van der Waals surface area contributed by atoms with E-state index in [1.807, 2.05) is 0 Å². The Labute approximate surface area is 186 Å². The Balaban J connectivity index is 1.82. The summed E-state index contributed by atoms with van der Waals surface area (Å²) in [4.78, 5) is -0.457. The minimum atomic E-state index is -4.66. The second-order valence-corrected chi connectivity index (χ2v) is 9.38. The minimum absolute atomic E-state index is 0.0572. The molecule has 1 heterocycles. The molecule has 1 aliphatic heterocycles. The van der Waals surface area contributed by atoms with Gasteiger partial charge in [-0.2, -0.15) is 13.2 Å². The maximum atomic E-state index is 13.3. The lowest BCUT2D eigenvalue weighted by Crippen LogP contribution is -2.38. The molecule has 0 amide bonds. The smallest absolute Gasteiger partial charge is 0.416 e. The number of ether oxygens (including phenoxy) is 1. The van der Waals surface area contributed by atoms with Gasteiger partial charge in [0.25, 0.3) is 10.0 Å². The molecule has 1 aliphatic rings. The van der Waals surface area contributed by atoms with Gasteiger partial charge in [-0.15, -0.1) is 0 Å². The summed E-state index contributed by atoms with van der Waals surface area (Å²) in [6.07, 6.45) is -4.66. The first-order valence-corrected chi connectivity index (χ1v) is 11.2. The van der Waals surface area contributed by atoms with Crippen LogP contribution in [0.4, 0.5) is 18.9 Å². The molecule has 0 aromatic heterocycles. The summed E-state index contributed by atoms with van der Waals surface area (Å²) in [6, 6.07) is 13.6. The molecular formula is C21H14Cl2F3NO3S. The van der Waals surface area contributed by atoms with Crippen LogP contribution in [0.25, 0.3) is 11.1 Å². The van der Waals surface area contributed by atoms with Crippen LogP contribution in [-0.4, -0.2) is 21.6 Å². The first-order chi connectivity index (χ1) is 14.6. The summed E-state index contributed by atoms with van der Waals surface area (Å²) in [5.74, 6) is 0.295. The van der Waals surface area contributed by atoms with Crippen LogP contribution in [0, 0.1) is 0 Å². The summed E-state index contributed by atoms with van der Waals surface area (Å²) in [6.45, 7) is 0.000764. The highest BCUT2D eigenvalue weighted by atomic mass is 35.5. The van der Waals surface area contributed by atoms with Gasteiger partial charge < -0.3 is 4.74 Å². The van der Waals surface area contributed by atoms with Crippen LogP contribution >= 0.6 is 23.2 Å². The second-order valence-electron chi connectivity index (χ2n) is 6.74. The number of alkyl halides is 3. The van der Waals surface area contributed by atoms with Crippen LogP contribution in [0.5, 0.6) is 5.75 Å². The predicted octanol–water partition coefficient (Wildman–Crippen LogP) is 6.27. The molecule has 162 valence electrons. The van der Waals surface area contributed by atoms with Crippen molar-refractivity contribution in [2.45, 2.75) is 11.1 Å². The van der Waals surface area contributed by atoms with Crippen LogP contribution < -0.4 is 9.04 Å². The van der Waals surface area contributed by atoms with Crippen molar-refractivity contribution < 1.29 is 26.3 Å². The van der Waals surface area contributed by atoms with Crippen molar-refractivity contribution in [1.29, 1.82) is 0 Å². The fourth-order valence-electron chi connectivity index (χ4n) is 3.30. The highest BCUT2D eigenvalue weighted by Gasteiger charge is 2.35. The standard InChI is InChI=1S/C21H14Cl2F3NO3S/c22-17-6-2-5-16(20(17)23)13-7-8-19-18(11-13)27(9-10-30-19)31(28,29)15-4-1-3-14(12-15)21(24,25)26/h1-8,11-12H,9-10H2. The zero-order valence-electron chi connectivity index (χ0n) is 15.7. The normalized spacial score (nSPS) is 14.2. The molecule has 0 bridgehead atoms. The van der Waals surface area contributed by atoms with Gasteiger partial charge in [-0.25, -0.2) is 8.42 Å². The number of benzene rings is 3. The number of sulfonamides is 1. The monoisotopic (exact) mass is 487 g/mol. The molecule has 4 nitrogen and oxygen atoms in total. The molecule has 0 unspecified atom stereocenters. The Morgan fingerprint density at radius 3 is 2.45 bits per heavy atom. The Morgan fingerprint density at radius 2 is 1.71 bits per heavy atom. The molecule has 0 saturated carbocycles. The number of nitrogens with zero attached hydrogens (tertiary/aromatic N) is 1. The lowest BCUT2D eigenvalue weighted by Gasteiger charge is -2.31. The Morgan fingerprint density at radius 1 is 0.968 bits per heavy atom. The third-order valence-electron chi connectivity index (χ3n) is 4.79. The summed E-state index contributed by atoms with van der Waals surface area (Å²) in [7, 11) is -4.28.